The second-order valence-corrected chi connectivity index (χ2v) is 1.53. The van der Waals surface area contributed by atoms with Crippen molar-refractivity contribution in [2.75, 3.05) is 7.05 Å². The average Bonchev–Trinajstić information content (AvgIpc) is 1.99. The Morgan fingerprint density at radius 1 is 1.50 bits per heavy atom. The van der Waals surface area contributed by atoms with Gasteiger partial charge in [-0.25, -0.2) is 0 Å². The van der Waals surface area contributed by atoms with E-state index in [1.807, 2.05) is 6.92 Å². The lowest BCUT2D eigenvalue weighted by atomic mass is 10.4. The van der Waals surface area contributed by atoms with Gasteiger partial charge in [0.1, 0.15) is 5.71 Å². The fourth-order valence-corrected chi connectivity index (χ4v) is 0.346. The van der Waals surface area contributed by atoms with E-state index in [1.54, 1.807) is 19.3 Å². The van der Waals surface area contributed by atoms with E-state index in [9.17, 15) is 4.79 Å². The van der Waals surface area contributed by atoms with Crippen molar-refractivity contribution in [3.8, 4) is 0 Å². The van der Waals surface area contributed by atoms with Gasteiger partial charge in [0.15, 0.2) is 6.29 Å². The van der Waals surface area contributed by atoms with Gasteiger partial charge < -0.3 is 0 Å². The van der Waals surface area contributed by atoms with Gasteiger partial charge in [-0.1, -0.05) is 6.08 Å². The summed E-state index contributed by atoms with van der Waals surface area (Å²) in [6.45, 7) is 1.85. The molecule has 0 saturated heterocycles. The molecule has 0 aliphatic rings. The lowest BCUT2D eigenvalue weighted by Gasteiger charge is -1.80. The van der Waals surface area contributed by atoms with Crippen LogP contribution in [0.25, 0.3) is 0 Å². The van der Waals surface area contributed by atoms with Crippen LogP contribution in [0.3, 0.4) is 0 Å². The van der Waals surface area contributed by atoms with Crippen LogP contribution in [0.15, 0.2) is 22.3 Å². The van der Waals surface area contributed by atoms with Gasteiger partial charge in [0, 0.05) is 13.2 Å². The first kappa shape index (κ1) is 8.75. The van der Waals surface area contributed by atoms with Gasteiger partial charge in [-0.15, -0.1) is 0 Å². The smallest absolute Gasteiger partial charge is 0.169 e. The SMILES string of the molecule is C\C=C/N=C\C(C=O)=N/C. The molecule has 10 heavy (non-hydrogen) atoms. The van der Waals surface area contributed by atoms with Crippen molar-refractivity contribution in [2.24, 2.45) is 9.98 Å². The summed E-state index contributed by atoms with van der Waals surface area (Å²) >= 11 is 0. The molecule has 0 aliphatic carbocycles. The minimum absolute atomic E-state index is 0.345. The van der Waals surface area contributed by atoms with Gasteiger partial charge in [0.2, 0.25) is 0 Å². The average molecular weight is 138 g/mol. The Labute approximate surface area is 60.2 Å². The quantitative estimate of drug-likeness (QED) is 0.421. The molecule has 0 radical (unpaired) electrons. The predicted molar refractivity (Wildman–Crippen MR) is 42.7 cm³/mol. The Morgan fingerprint density at radius 3 is 2.60 bits per heavy atom. The maximum Gasteiger partial charge on any atom is 0.169 e. The van der Waals surface area contributed by atoms with Crippen LogP contribution in [-0.4, -0.2) is 25.3 Å². The molecule has 0 aliphatic heterocycles. The zero-order valence-electron chi connectivity index (χ0n) is 6.11. The third-order valence-electron chi connectivity index (χ3n) is 0.821. The number of hydrogen-bond acceptors (Lipinski definition) is 3. The normalized spacial score (nSPS) is 13.2. The maximum atomic E-state index is 10.1. The van der Waals surface area contributed by atoms with Gasteiger partial charge in [-0.05, 0) is 6.92 Å². The summed E-state index contributed by atoms with van der Waals surface area (Å²) in [7, 11) is 1.55. The fourth-order valence-electron chi connectivity index (χ4n) is 0.346. The monoisotopic (exact) mass is 138 g/mol. The van der Waals surface area contributed by atoms with Crippen LogP contribution < -0.4 is 0 Å². The van der Waals surface area contributed by atoms with Gasteiger partial charge in [-0.2, -0.15) is 0 Å². The minimum Gasteiger partial charge on any atom is -0.296 e. The van der Waals surface area contributed by atoms with Crippen molar-refractivity contribution in [3.63, 3.8) is 0 Å². The van der Waals surface area contributed by atoms with Crippen molar-refractivity contribution in [1.29, 1.82) is 0 Å². The third kappa shape index (κ3) is 3.72. The van der Waals surface area contributed by atoms with Gasteiger partial charge in [0.25, 0.3) is 0 Å². The van der Waals surface area contributed by atoms with Gasteiger partial charge in [-0.3, -0.25) is 14.8 Å². The van der Waals surface area contributed by atoms with Gasteiger partial charge >= 0.3 is 0 Å². The Hall–Kier alpha value is -1.25. The number of aliphatic imine (C=N–C) groups is 2. The summed E-state index contributed by atoms with van der Waals surface area (Å²) in [6.07, 6.45) is 5.43. The molecule has 54 valence electrons. The molecular weight excluding hydrogens is 128 g/mol. The molecule has 0 aromatic carbocycles. The number of nitrogens with zero attached hydrogens (tertiary/aromatic N) is 2. The lowest BCUT2D eigenvalue weighted by Crippen LogP contribution is -1.99. The highest BCUT2D eigenvalue weighted by molar-refractivity contribution is 6.54. The third-order valence-corrected chi connectivity index (χ3v) is 0.821. The van der Waals surface area contributed by atoms with Crippen LogP contribution in [-0.2, 0) is 4.79 Å². The highest BCUT2D eigenvalue weighted by Crippen LogP contribution is 1.72. The first-order chi connectivity index (χ1) is 4.85. The van der Waals surface area contributed by atoms with E-state index in [-0.39, 0.29) is 0 Å². The second kappa shape index (κ2) is 5.88. The summed E-state index contributed by atoms with van der Waals surface area (Å²) in [6, 6.07) is 0. The Morgan fingerprint density at radius 2 is 2.20 bits per heavy atom. The number of allylic oxidation sites excluding steroid dienone is 1. The molecule has 0 amide bonds. The lowest BCUT2D eigenvalue weighted by molar-refractivity contribution is -0.102. The van der Waals surface area contributed by atoms with E-state index < -0.39 is 0 Å². The van der Waals surface area contributed by atoms with Crippen molar-refractivity contribution >= 4 is 18.2 Å². The number of rotatable bonds is 3. The summed E-state index contributed by atoms with van der Waals surface area (Å²) in [5.41, 5.74) is 0.345. The molecule has 0 fully saturated rings. The molecule has 0 unspecified atom stereocenters. The molecule has 0 N–H and O–H groups in total. The first-order valence-electron chi connectivity index (χ1n) is 2.91. The molecule has 3 heteroatoms. The first-order valence-corrected chi connectivity index (χ1v) is 2.91. The second-order valence-electron chi connectivity index (χ2n) is 1.53. The highest BCUT2D eigenvalue weighted by atomic mass is 16.1. The van der Waals surface area contributed by atoms with Crippen molar-refractivity contribution < 1.29 is 4.79 Å². The van der Waals surface area contributed by atoms with Crippen LogP contribution in [0.2, 0.25) is 0 Å². The van der Waals surface area contributed by atoms with Crippen LogP contribution in [0.1, 0.15) is 6.92 Å². The molecule has 0 heterocycles. The van der Waals surface area contributed by atoms with Crippen molar-refractivity contribution in [1.82, 2.24) is 0 Å². The summed E-state index contributed by atoms with van der Waals surface area (Å²) in [5, 5.41) is 0. The van der Waals surface area contributed by atoms with E-state index in [0.29, 0.717) is 12.0 Å². The van der Waals surface area contributed by atoms with E-state index in [2.05, 4.69) is 9.98 Å². The van der Waals surface area contributed by atoms with E-state index in [4.69, 9.17) is 0 Å². The molecule has 0 aromatic heterocycles. The zero-order valence-corrected chi connectivity index (χ0v) is 6.11. The zero-order chi connectivity index (χ0) is 7.82. The predicted octanol–water partition coefficient (Wildman–Crippen LogP) is 0.861. The molecule has 0 aromatic rings. The van der Waals surface area contributed by atoms with Crippen LogP contribution >= 0.6 is 0 Å². The number of hydrogen-bond donors (Lipinski definition) is 0. The molecule has 0 atom stereocenters. The Kier molecular flexibility index (Phi) is 5.14. The number of carbonyl (C=O) groups excluding carboxylic acids is 1. The standard InChI is InChI=1S/C7H10N2O/c1-3-4-9-5-7(6-10)8-2/h3-6H,1-2H3/b4-3-,8-7+,9-5-. The van der Waals surface area contributed by atoms with Gasteiger partial charge in [0.05, 0.1) is 6.21 Å². The molecule has 0 saturated carbocycles. The molecule has 0 bridgehead atoms. The van der Waals surface area contributed by atoms with E-state index >= 15 is 0 Å². The largest absolute Gasteiger partial charge is 0.296 e. The topological polar surface area (TPSA) is 41.8 Å². The highest BCUT2D eigenvalue weighted by Gasteiger charge is 1.84. The summed E-state index contributed by atoms with van der Waals surface area (Å²) in [5.74, 6) is 0. The summed E-state index contributed by atoms with van der Waals surface area (Å²) in [4.78, 5) is 17.5. The van der Waals surface area contributed by atoms with E-state index in [0.717, 1.165) is 0 Å². The maximum absolute atomic E-state index is 10.1. The molecule has 3 nitrogen and oxygen atoms in total. The molecule has 0 rings (SSSR count). The van der Waals surface area contributed by atoms with Crippen LogP contribution in [0, 0.1) is 0 Å². The fraction of sp³-hybridized carbons (Fsp3) is 0.286. The number of aldehydes is 1. The Bertz CT molecular complexity index is 180. The van der Waals surface area contributed by atoms with Crippen LogP contribution in [0.4, 0.5) is 0 Å². The minimum atomic E-state index is 0.345. The van der Waals surface area contributed by atoms with Crippen molar-refractivity contribution in [3.05, 3.63) is 12.3 Å². The Balaban J connectivity index is 3.98. The van der Waals surface area contributed by atoms with E-state index in [1.165, 1.54) is 6.21 Å². The number of carbonyl (C=O) groups is 1. The molecular formula is C7H10N2O. The summed E-state index contributed by atoms with van der Waals surface area (Å²) < 4.78 is 0. The van der Waals surface area contributed by atoms with Crippen LogP contribution in [0.5, 0.6) is 0 Å². The molecule has 0 spiro atoms. The van der Waals surface area contributed by atoms with Crippen molar-refractivity contribution in [2.45, 2.75) is 6.92 Å².